The number of aryl methyl sites for hydroxylation is 2. The summed E-state index contributed by atoms with van der Waals surface area (Å²) in [7, 11) is 0. The van der Waals surface area contributed by atoms with Crippen molar-refractivity contribution in [3.8, 4) is 11.3 Å². The number of anilines is 3. The quantitative estimate of drug-likeness (QED) is 0.469. The molecule has 2 N–H and O–H groups in total. The average Bonchev–Trinajstić information content (AvgIpc) is 2.82. The van der Waals surface area contributed by atoms with Crippen LogP contribution in [0.25, 0.3) is 22.3 Å². The Labute approximate surface area is 197 Å². The Hall–Kier alpha value is -3.43. The van der Waals surface area contributed by atoms with Crippen LogP contribution >= 0.6 is 12.4 Å². The second-order valence-corrected chi connectivity index (χ2v) is 7.75. The summed E-state index contributed by atoms with van der Waals surface area (Å²) in [4.78, 5) is 24.3. The second-order valence-electron chi connectivity index (χ2n) is 7.75. The summed E-state index contributed by atoms with van der Waals surface area (Å²) in [6, 6.07) is 9.30. The molecule has 0 saturated carbocycles. The molecule has 0 aliphatic carbocycles. The van der Waals surface area contributed by atoms with Gasteiger partial charge in [0.05, 0.1) is 40.5 Å². The molecule has 1 aliphatic heterocycles. The van der Waals surface area contributed by atoms with Crippen molar-refractivity contribution in [3.05, 3.63) is 59.9 Å². The molecule has 4 heterocycles. The van der Waals surface area contributed by atoms with Crippen LogP contribution in [0, 0.1) is 19.7 Å². The Balaban J connectivity index is 0.00000259. The highest BCUT2D eigenvalue weighted by atomic mass is 35.5. The largest absolute Gasteiger partial charge is 0.368 e. The van der Waals surface area contributed by atoms with Crippen molar-refractivity contribution in [1.29, 1.82) is 0 Å². The van der Waals surface area contributed by atoms with Crippen LogP contribution in [0.1, 0.15) is 11.4 Å². The molecule has 0 spiro atoms. The summed E-state index contributed by atoms with van der Waals surface area (Å²) >= 11 is 0. The number of benzene rings is 1. The number of aromatic nitrogens is 5. The van der Waals surface area contributed by atoms with E-state index >= 15 is 0 Å². The van der Waals surface area contributed by atoms with Gasteiger partial charge in [-0.2, -0.15) is 0 Å². The Morgan fingerprint density at radius 3 is 2.39 bits per heavy atom. The number of piperazine rings is 1. The molecule has 0 atom stereocenters. The zero-order chi connectivity index (χ0) is 22.1. The van der Waals surface area contributed by atoms with Gasteiger partial charge in [0.15, 0.2) is 5.82 Å². The molecule has 4 aromatic rings. The molecule has 1 fully saturated rings. The van der Waals surface area contributed by atoms with Gasteiger partial charge in [-0.25, -0.2) is 29.3 Å². The van der Waals surface area contributed by atoms with Crippen molar-refractivity contribution in [2.45, 2.75) is 13.8 Å². The van der Waals surface area contributed by atoms with E-state index in [-0.39, 0.29) is 24.0 Å². The number of nitrogens with one attached hydrogen (secondary N) is 2. The van der Waals surface area contributed by atoms with Crippen molar-refractivity contribution in [3.63, 3.8) is 0 Å². The van der Waals surface area contributed by atoms with Crippen molar-refractivity contribution in [2.75, 3.05) is 36.4 Å². The molecule has 1 saturated heterocycles. The lowest BCUT2D eigenvalue weighted by Gasteiger charge is -2.29. The zero-order valence-electron chi connectivity index (χ0n) is 18.3. The molecule has 8 nitrogen and oxygen atoms in total. The van der Waals surface area contributed by atoms with Crippen molar-refractivity contribution < 1.29 is 4.39 Å². The van der Waals surface area contributed by atoms with Crippen LogP contribution in [0.5, 0.6) is 0 Å². The van der Waals surface area contributed by atoms with Gasteiger partial charge >= 0.3 is 0 Å². The number of hydrogen-bond acceptors (Lipinski definition) is 8. The van der Waals surface area contributed by atoms with Crippen molar-refractivity contribution in [1.82, 2.24) is 30.2 Å². The number of rotatable bonds is 4. The highest BCUT2D eigenvalue weighted by molar-refractivity contribution is 5.85. The molecule has 33 heavy (non-hydrogen) atoms. The predicted octanol–water partition coefficient (Wildman–Crippen LogP) is 3.81. The van der Waals surface area contributed by atoms with Gasteiger partial charge in [-0.3, -0.25) is 0 Å². The normalized spacial score (nSPS) is 13.6. The third-order valence-corrected chi connectivity index (χ3v) is 5.56. The number of fused-ring (bicyclic) bond motifs is 1. The van der Waals surface area contributed by atoms with Crippen LogP contribution in [-0.2, 0) is 0 Å². The van der Waals surface area contributed by atoms with Crippen LogP contribution in [0.15, 0.2) is 42.7 Å². The monoisotopic (exact) mass is 466 g/mol. The van der Waals surface area contributed by atoms with Gasteiger partial charge in [-0.15, -0.1) is 12.4 Å². The fraction of sp³-hybridized carbons (Fsp3) is 0.261. The number of halogens is 2. The number of hydrogen-bond donors (Lipinski definition) is 2. The first kappa shape index (κ1) is 22.8. The van der Waals surface area contributed by atoms with Crippen LogP contribution in [0.3, 0.4) is 0 Å². The maximum absolute atomic E-state index is 14.6. The van der Waals surface area contributed by atoms with Gasteiger partial charge in [-0.1, -0.05) is 6.07 Å². The Morgan fingerprint density at radius 1 is 0.909 bits per heavy atom. The Kier molecular flexibility index (Phi) is 6.62. The predicted molar refractivity (Wildman–Crippen MR) is 130 cm³/mol. The molecular formula is C23H24ClFN8. The molecule has 5 rings (SSSR count). The van der Waals surface area contributed by atoms with Gasteiger partial charge in [-0.05, 0) is 38.1 Å². The first-order valence-electron chi connectivity index (χ1n) is 10.5. The fourth-order valence-electron chi connectivity index (χ4n) is 3.69. The lowest BCUT2D eigenvalue weighted by atomic mass is 10.1. The smallest absolute Gasteiger partial charge is 0.229 e. The Bertz CT molecular complexity index is 1280. The minimum Gasteiger partial charge on any atom is -0.368 e. The third kappa shape index (κ3) is 4.84. The SMILES string of the molecule is Cc1nc2ccc(-c3nc(Nc4ccc(N5CCNCC5)cn4)ncc3F)cc2nc1C.Cl. The maximum Gasteiger partial charge on any atom is 0.229 e. The minimum atomic E-state index is -0.506. The molecule has 3 aromatic heterocycles. The first-order valence-corrected chi connectivity index (χ1v) is 10.5. The first-order chi connectivity index (χ1) is 15.6. The van der Waals surface area contributed by atoms with Crippen LogP contribution in [-0.4, -0.2) is 51.1 Å². The van der Waals surface area contributed by atoms with Crippen LogP contribution in [0.4, 0.5) is 21.8 Å². The summed E-state index contributed by atoms with van der Waals surface area (Å²) in [5, 5.41) is 6.40. The standard InChI is InChI=1S/C23H23FN8.ClH/c1-14-15(2)29-20-11-16(3-5-19(20)28-14)22-18(24)13-27-23(31-22)30-21-6-4-17(12-26-21)32-9-7-25-8-10-32;/h3-6,11-13,25H,7-10H2,1-2H3,(H,26,27,30,31);1H. The summed E-state index contributed by atoms with van der Waals surface area (Å²) in [5.74, 6) is 0.362. The highest BCUT2D eigenvalue weighted by Crippen LogP contribution is 2.26. The summed E-state index contributed by atoms with van der Waals surface area (Å²) < 4.78 is 14.6. The Morgan fingerprint density at radius 2 is 1.67 bits per heavy atom. The van der Waals surface area contributed by atoms with Gasteiger partial charge in [0.25, 0.3) is 0 Å². The van der Waals surface area contributed by atoms with E-state index in [9.17, 15) is 4.39 Å². The minimum absolute atomic E-state index is 0. The molecule has 0 amide bonds. The molecular weight excluding hydrogens is 443 g/mol. The molecule has 10 heteroatoms. The van der Waals surface area contributed by atoms with Crippen LogP contribution < -0.4 is 15.5 Å². The molecule has 1 aromatic carbocycles. The lowest BCUT2D eigenvalue weighted by Crippen LogP contribution is -2.43. The summed E-state index contributed by atoms with van der Waals surface area (Å²) in [5.41, 5.74) is 5.06. The highest BCUT2D eigenvalue weighted by Gasteiger charge is 2.13. The van der Waals surface area contributed by atoms with E-state index in [0.717, 1.165) is 55.0 Å². The molecule has 0 bridgehead atoms. The average molecular weight is 467 g/mol. The van der Waals surface area contributed by atoms with E-state index in [1.54, 1.807) is 12.1 Å². The second kappa shape index (κ2) is 9.60. The third-order valence-electron chi connectivity index (χ3n) is 5.56. The topological polar surface area (TPSA) is 91.8 Å². The van der Waals surface area contributed by atoms with E-state index in [1.165, 1.54) is 0 Å². The van der Waals surface area contributed by atoms with E-state index < -0.39 is 5.82 Å². The van der Waals surface area contributed by atoms with E-state index in [2.05, 4.69) is 40.5 Å². The van der Waals surface area contributed by atoms with E-state index in [0.29, 0.717) is 16.9 Å². The summed E-state index contributed by atoms with van der Waals surface area (Å²) in [6.07, 6.45) is 2.99. The lowest BCUT2D eigenvalue weighted by molar-refractivity contribution is 0.589. The van der Waals surface area contributed by atoms with E-state index in [1.807, 2.05) is 38.2 Å². The molecule has 170 valence electrons. The molecule has 0 radical (unpaired) electrons. The summed E-state index contributed by atoms with van der Waals surface area (Å²) in [6.45, 7) is 7.66. The van der Waals surface area contributed by atoms with Crippen LogP contribution in [0.2, 0.25) is 0 Å². The molecule has 1 aliphatic rings. The van der Waals surface area contributed by atoms with Crippen molar-refractivity contribution in [2.24, 2.45) is 0 Å². The zero-order valence-corrected chi connectivity index (χ0v) is 19.2. The van der Waals surface area contributed by atoms with Gasteiger partial charge < -0.3 is 15.5 Å². The van der Waals surface area contributed by atoms with Gasteiger partial charge in [0.1, 0.15) is 11.5 Å². The van der Waals surface area contributed by atoms with Gasteiger partial charge in [0.2, 0.25) is 5.95 Å². The van der Waals surface area contributed by atoms with E-state index in [4.69, 9.17) is 0 Å². The fourth-order valence-corrected chi connectivity index (χ4v) is 3.69. The van der Waals surface area contributed by atoms with Crippen molar-refractivity contribution >= 4 is 40.9 Å². The maximum atomic E-state index is 14.6. The van der Waals surface area contributed by atoms with Gasteiger partial charge in [0, 0.05) is 31.7 Å². The molecule has 0 unspecified atom stereocenters. The number of pyridine rings is 1. The number of nitrogens with zero attached hydrogens (tertiary/aromatic N) is 6.